The summed E-state index contributed by atoms with van der Waals surface area (Å²) in [6, 6.07) is 0. The molecule has 0 aromatic heterocycles. The second kappa shape index (κ2) is 4.44. The van der Waals surface area contributed by atoms with Crippen LogP contribution in [0.3, 0.4) is 0 Å². The zero-order valence-corrected chi connectivity index (χ0v) is 11.6. The number of hydrogen-bond donors (Lipinski definition) is 1. The molecule has 1 nitrogen and oxygen atoms in total. The van der Waals surface area contributed by atoms with Crippen molar-refractivity contribution in [2.75, 3.05) is 0 Å². The molecule has 0 spiro atoms. The average molecular weight is 231 g/mol. The first-order valence-electron chi connectivity index (χ1n) is 6.90. The lowest BCUT2D eigenvalue weighted by molar-refractivity contribution is 0.184. The van der Waals surface area contributed by atoms with E-state index >= 15 is 0 Å². The van der Waals surface area contributed by atoms with Gasteiger partial charge in [0.05, 0.1) is 0 Å². The van der Waals surface area contributed by atoms with Crippen LogP contribution in [0.15, 0.2) is 23.3 Å². The third kappa shape index (κ3) is 2.00. The summed E-state index contributed by atoms with van der Waals surface area (Å²) in [6.45, 7) is 9.10. The summed E-state index contributed by atoms with van der Waals surface area (Å²) in [5.74, 6) is 1.31. The van der Waals surface area contributed by atoms with Crippen LogP contribution in [0.25, 0.3) is 0 Å². The smallest absolute Gasteiger partial charge is 0.0354 e. The first-order valence-corrected chi connectivity index (χ1v) is 6.90. The van der Waals surface area contributed by atoms with Crippen LogP contribution >= 0.6 is 0 Å². The molecule has 3 atom stereocenters. The van der Waals surface area contributed by atoms with Crippen LogP contribution in [0.2, 0.25) is 0 Å². The summed E-state index contributed by atoms with van der Waals surface area (Å²) in [6.07, 6.45) is 9.20. The van der Waals surface area contributed by atoms with Crippen molar-refractivity contribution in [3.05, 3.63) is 23.3 Å². The van der Waals surface area contributed by atoms with E-state index in [0.29, 0.717) is 5.92 Å². The van der Waals surface area contributed by atoms with Crippen LogP contribution in [-0.4, -0.2) is 5.71 Å². The summed E-state index contributed by atoms with van der Waals surface area (Å²) in [7, 11) is 0. The Balaban J connectivity index is 2.35. The molecule has 0 amide bonds. The summed E-state index contributed by atoms with van der Waals surface area (Å²) in [5, 5.41) is 8.33. The predicted molar refractivity (Wildman–Crippen MR) is 74.5 cm³/mol. The van der Waals surface area contributed by atoms with Crippen molar-refractivity contribution in [2.45, 2.75) is 53.4 Å². The Morgan fingerprint density at radius 1 is 1.53 bits per heavy atom. The Hall–Kier alpha value is -0.850. The minimum Gasteiger partial charge on any atom is -0.305 e. The number of nitrogens with one attached hydrogen (secondary N) is 1. The van der Waals surface area contributed by atoms with Gasteiger partial charge in [-0.15, -0.1) is 0 Å². The van der Waals surface area contributed by atoms with Crippen molar-refractivity contribution in [2.24, 2.45) is 17.3 Å². The maximum Gasteiger partial charge on any atom is 0.0354 e. The Morgan fingerprint density at radius 2 is 2.24 bits per heavy atom. The molecule has 0 heterocycles. The molecule has 0 aromatic rings. The fraction of sp³-hybridized carbons (Fsp3) is 0.688. The van der Waals surface area contributed by atoms with Gasteiger partial charge in [0.2, 0.25) is 0 Å². The molecule has 0 bridgehead atoms. The van der Waals surface area contributed by atoms with E-state index in [4.69, 9.17) is 5.41 Å². The van der Waals surface area contributed by atoms with Gasteiger partial charge in [0.25, 0.3) is 0 Å². The topological polar surface area (TPSA) is 23.9 Å². The standard InChI is InChI=1S/C16H25N/c1-5-11(2)13-9-15(17)14-8-6-7-12(3)16(14,4)10-13/h5,8,12-13,17H,6-7,9-10H2,1-4H3/b11-5+,17-15?. The maximum absolute atomic E-state index is 8.33. The van der Waals surface area contributed by atoms with E-state index in [1.807, 2.05) is 0 Å². The van der Waals surface area contributed by atoms with E-state index < -0.39 is 0 Å². The van der Waals surface area contributed by atoms with Gasteiger partial charge in [-0.1, -0.05) is 31.6 Å². The molecular weight excluding hydrogens is 206 g/mol. The van der Waals surface area contributed by atoms with E-state index in [9.17, 15) is 0 Å². The Bertz CT molecular complexity index is 388. The minimum atomic E-state index is 0.253. The Morgan fingerprint density at radius 3 is 2.88 bits per heavy atom. The zero-order chi connectivity index (χ0) is 12.6. The molecule has 0 radical (unpaired) electrons. The predicted octanol–water partition coefficient (Wildman–Crippen LogP) is 4.74. The van der Waals surface area contributed by atoms with Gasteiger partial charge in [-0.25, -0.2) is 0 Å². The largest absolute Gasteiger partial charge is 0.305 e. The fourth-order valence-corrected chi connectivity index (χ4v) is 3.57. The molecule has 1 heteroatoms. The van der Waals surface area contributed by atoms with Crippen molar-refractivity contribution < 1.29 is 0 Å². The lowest BCUT2D eigenvalue weighted by Gasteiger charge is -2.47. The molecule has 0 aromatic carbocycles. The summed E-state index contributed by atoms with van der Waals surface area (Å²) < 4.78 is 0. The minimum absolute atomic E-state index is 0.253. The van der Waals surface area contributed by atoms with Gasteiger partial charge in [0.1, 0.15) is 0 Å². The zero-order valence-electron chi connectivity index (χ0n) is 11.6. The normalized spacial score (nSPS) is 38.7. The van der Waals surface area contributed by atoms with Gasteiger partial charge in [-0.2, -0.15) is 0 Å². The monoisotopic (exact) mass is 231 g/mol. The van der Waals surface area contributed by atoms with Gasteiger partial charge < -0.3 is 5.41 Å². The average Bonchev–Trinajstić information content (AvgIpc) is 2.30. The second-order valence-electron chi connectivity index (χ2n) is 6.13. The molecule has 17 heavy (non-hydrogen) atoms. The van der Waals surface area contributed by atoms with Crippen LogP contribution in [-0.2, 0) is 0 Å². The van der Waals surface area contributed by atoms with Crippen molar-refractivity contribution in [3.8, 4) is 0 Å². The van der Waals surface area contributed by atoms with Gasteiger partial charge in [0.15, 0.2) is 0 Å². The lowest BCUT2D eigenvalue weighted by atomic mass is 9.57. The molecule has 2 aliphatic rings. The van der Waals surface area contributed by atoms with Crippen LogP contribution in [0, 0.1) is 22.7 Å². The quantitative estimate of drug-likeness (QED) is 0.630. The van der Waals surface area contributed by atoms with E-state index in [0.717, 1.165) is 18.1 Å². The van der Waals surface area contributed by atoms with E-state index in [1.54, 1.807) is 0 Å². The van der Waals surface area contributed by atoms with Crippen LogP contribution in [0.1, 0.15) is 53.4 Å². The number of allylic oxidation sites excluding steroid dienone is 4. The van der Waals surface area contributed by atoms with E-state index in [-0.39, 0.29) is 5.41 Å². The molecule has 2 aliphatic carbocycles. The highest BCUT2D eigenvalue weighted by molar-refractivity contribution is 6.00. The van der Waals surface area contributed by atoms with E-state index in [2.05, 4.69) is 39.8 Å². The van der Waals surface area contributed by atoms with Gasteiger partial charge in [0, 0.05) is 5.71 Å². The molecule has 0 aliphatic heterocycles. The van der Waals surface area contributed by atoms with Gasteiger partial charge in [-0.05, 0) is 62.4 Å². The summed E-state index contributed by atoms with van der Waals surface area (Å²) >= 11 is 0. The Kier molecular flexibility index (Phi) is 3.29. The molecule has 1 saturated carbocycles. The number of rotatable bonds is 1. The fourth-order valence-electron chi connectivity index (χ4n) is 3.57. The number of fused-ring (bicyclic) bond motifs is 1. The van der Waals surface area contributed by atoms with E-state index in [1.165, 1.54) is 30.4 Å². The molecule has 0 saturated heterocycles. The lowest BCUT2D eigenvalue weighted by Crippen LogP contribution is -2.40. The summed E-state index contributed by atoms with van der Waals surface area (Å²) in [4.78, 5) is 0. The molecule has 1 N–H and O–H groups in total. The first kappa shape index (κ1) is 12.6. The number of hydrogen-bond acceptors (Lipinski definition) is 1. The molecule has 2 rings (SSSR count). The molecular formula is C16H25N. The highest BCUT2D eigenvalue weighted by Crippen LogP contribution is 2.52. The maximum atomic E-state index is 8.33. The highest BCUT2D eigenvalue weighted by Gasteiger charge is 2.44. The molecule has 3 unspecified atom stereocenters. The second-order valence-corrected chi connectivity index (χ2v) is 6.13. The van der Waals surface area contributed by atoms with Crippen LogP contribution in [0.5, 0.6) is 0 Å². The third-order valence-electron chi connectivity index (χ3n) is 5.20. The SMILES string of the molecule is C/C=C(\C)C1CC(=N)C2=CCCC(C)C2(C)C1. The third-order valence-corrected chi connectivity index (χ3v) is 5.20. The first-order chi connectivity index (χ1) is 7.99. The molecule has 94 valence electrons. The van der Waals surface area contributed by atoms with Crippen molar-refractivity contribution in [3.63, 3.8) is 0 Å². The highest BCUT2D eigenvalue weighted by atomic mass is 14.6. The molecule has 1 fully saturated rings. The van der Waals surface area contributed by atoms with Crippen LogP contribution < -0.4 is 0 Å². The van der Waals surface area contributed by atoms with Crippen LogP contribution in [0.4, 0.5) is 0 Å². The van der Waals surface area contributed by atoms with Crippen molar-refractivity contribution in [1.29, 1.82) is 5.41 Å². The van der Waals surface area contributed by atoms with Crippen molar-refractivity contribution >= 4 is 5.71 Å². The Labute approximate surface area is 106 Å². The van der Waals surface area contributed by atoms with Gasteiger partial charge >= 0.3 is 0 Å². The van der Waals surface area contributed by atoms with Gasteiger partial charge in [-0.3, -0.25) is 0 Å². The summed E-state index contributed by atoms with van der Waals surface area (Å²) in [5.41, 5.74) is 3.98. The van der Waals surface area contributed by atoms with Crippen molar-refractivity contribution in [1.82, 2.24) is 0 Å².